The van der Waals surface area contributed by atoms with Gasteiger partial charge in [-0.1, -0.05) is 54.3 Å². The van der Waals surface area contributed by atoms with Crippen LogP contribution < -0.4 is 14.4 Å². The summed E-state index contributed by atoms with van der Waals surface area (Å²) in [5.41, 5.74) is 0.163. The first-order valence-corrected chi connectivity index (χ1v) is 12.0. The van der Waals surface area contributed by atoms with Gasteiger partial charge in [-0.25, -0.2) is 4.39 Å². The van der Waals surface area contributed by atoms with E-state index in [0.717, 1.165) is 28.8 Å². The molecular weight excluding hydrogens is 514 g/mol. The zero-order valence-corrected chi connectivity index (χ0v) is 20.5. The molecule has 10 heteroatoms. The summed E-state index contributed by atoms with van der Waals surface area (Å²) >= 11 is 6.27. The normalized spacial score (nSPS) is 15.0. The Balaban J connectivity index is 1.57. The molecule has 1 fully saturated rings. The summed E-state index contributed by atoms with van der Waals surface area (Å²) in [4.78, 5) is 14.4. The Kier molecular flexibility index (Phi) is 7.65. The van der Waals surface area contributed by atoms with E-state index in [-0.39, 0.29) is 27.3 Å². The molecule has 1 amide bonds. The lowest BCUT2D eigenvalue weighted by molar-refractivity contribution is -0.137. The first-order valence-electron chi connectivity index (χ1n) is 10.8. The number of nitrogens with zero attached hydrogens (tertiary/aromatic N) is 1. The Hall–Kier alpha value is -3.37. The Morgan fingerprint density at radius 3 is 2.50 bits per heavy atom. The van der Waals surface area contributed by atoms with Gasteiger partial charge >= 0.3 is 6.18 Å². The van der Waals surface area contributed by atoms with Crippen molar-refractivity contribution in [3.8, 4) is 11.5 Å². The number of hydrogen-bond donors (Lipinski definition) is 0. The first-order chi connectivity index (χ1) is 17.2. The van der Waals surface area contributed by atoms with Crippen LogP contribution >= 0.6 is 24.0 Å². The zero-order chi connectivity index (χ0) is 25.9. The van der Waals surface area contributed by atoms with E-state index in [2.05, 4.69) is 0 Å². The topological polar surface area (TPSA) is 38.8 Å². The van der Waals surface area contributed by atoms with E-state index in [1.807, 2.05) is 0 Å². The highest BCUT2D eigenvalue weighted by atomic mass is 32.2. The van der Waals surface area contributed by atoms with Gasteiger partial charge in [-0.05, 0) is 55.0 Å². The predicted octanol–water partition coefficient (Wildman–Crippen LogP) is 7.23. The fourth-order valence-electron chi connectivity index (χ4n) is 3.44. The number of ether oxygens (including phenoxy) is 2. The molecule has 0 aliphatic carbocycles. The van der Waals surface area contributed by atoms with Crippen LogP contribution in [0.15, 0.2) is 71.6 Å². The van der Waals surface area contributed by atoms with Crippen LogP contribution in [0.1, 0.15) is 23.6 Å². The number of hydrogen-bond acceptors (Lipinski definition) is 5. The molecule has 1 heterocycles. The maximum absolute atomic E-state index is 13.9. The number of halogens is 4. The van der Waals surface area contributed by atoms with Crippen molar-refractivity contribution in [1.82, 2.24) is 0 Å². The van der Waals surface area contributed by atoms with Crippen LogP contribution in [0.5, 0.6) is 11.5 Å². The van der Waals surface area contributed by atoms with Crippen LogP contribution in [0.4, 0.5) is 23.2 Å². The first kappa shape index (κ1) is 25.7. The van der Waals surface area contributed by atoms with E-state index in [9.17, 15) is 22.4 Å². The van der Waals surface area contributed by atoms with Crippen molar-refractivity contribution in [3.63, 3.8) is 0 Å². The third-order valence-corrected chi connectivity index (χ3v) is 6.43. The number of rotatable bonds is 7. The third-order valence-electron chi connectivity index (χ3n) is 5.13. The molecule has 3 aromatic carbocycles. The fraction of sp³-hybridized carbons (Fsp3) is 0.154. The van der Waals surface area contributed by atoms with Gasteiger partial charge in [0.1, 0.15) is 12.4 Å². The maximum Gasteiger partial charge on any atom is 0.416 e. The van der Waals surface area contributed by atoms with Crippen LogP contribution in [0.3, 0.4) is 0 Å². The molecule has 1 aliphatic rings. The number of thioether (sulfide) groups is 1. The molecule has 0 N–H and O–H groups in total. The number of benzene rings is 3. The van der Waals surface area contributed by atoms with Crippen molar-refractivity contribution in [2.75, 3.05) is 11.5 Å². The number of amides is 1. The molecule has 0 unspecified atom stereocenters. The van der Waals surface area contributed by atoms with Crippen molar-refractivity contribution in [3.05, 3.63) is 94.1 Å². The minimum atomic E-state index is -4.54. The Morgan fingerprint density at radius 1 is 1.00 bits per heavy atom. The minimum Gasteiger partial charge on any atom is -0.490 e. The molecule has 186 valence electrons. The van der Waals surface area contributed by atoms with Crippen LogP contribution in [-0.4, -0.2) is 16.8 Å². The predicted molar refractivity (Wildman–Crippen MR) is 135 cm³/mol. The largest absolute Gasteiger partial charge is 0.490 e. The summed E-state index contributed by atoms with van der Waals surface area (Å²) in [5, 5.41) is 0. The Morgan fingerprint density at radius 2 is 1.78 bits per heavy atom. The van der Waals surface area contributed by atoms with E-state index < -0.39 is 17.6 Å². The van der Waals surface area contributed by atoms with Gasteiger partial charge in [0, 0.05) is 5.56 Å². The monoisotopic (exact) mass is 533 g/mol. The van der Waals surface area contributed by atoms with E-state index in [4.69, 9.17) is 21.7 Å². The molecular formula is C26H19F4NO3S2. The van der Waals surface area contributed by atoms with Gasteiger partial charge in [-0.2, -0.15) is 13.2 Å². The minimum absolute atomic E-state index is 0.00173. The third kappa shape index (κ3) is 5.71. The molecule has 0 aromatic heterocycles. The highest BCUT2D eigenvalue weighted by Crippen LogP contribution is 2.39. The summed E-state index contributed by atoms with van der Waals surface area (Å²) in [6.45, 7) is 2.15. The van der Waals surface area contributed by atoms with Crippen molar-refractivity contribution in [2.45, 2.75) is 19.7 Å². The number of carbonyl (C=O) groups is 1. The SMILES string of the molecule is CCOc1cc(/C=C2/SC(=S)N(c3cccc(C(F)(F)F)c3)C2=O)ccc1OCc1ccccc1F. The maximum atomic E-state index is 13.9. The molecule has 36 heavy (non-hydrogen) atoms. The van der Waals surface area contributed by atoms with Gasteiger partial charge in [0.15, 0.2) is 15.8 Å². The number of thiocarbonyl (C=S) groups is 1. The van der Waals surface area contributed by atoms with Gasteiger partial charge in [-0.15, -0.1) is 0 Å². The smallest absolute Gasteiger partial charge is 0.416 e. The van der Waals surface area contributed by atoms with Gasteiger partial charge in [0.25, 0.3) is 5.91 Å². The number of carbonyl (C=O) groups excluding carboxylic acids is 1. The van der Waals surface area contributed by atoms with Gasteiger partial charge < -0.3 is 9.47 Å². The lowest BCUT2D eigenvalue weighted by atomic mass is 10.1. The van der Waals surface area contributed by atoms with Crippen LogP contribution in [0.2, 0.25) is 0 Å². The zero-order valence-electron chi connectivity index (χ0n) is 18.8. The number of anilines is 1. The summed E-state index contributed by atoms with van der Waals surface area (Å²) in [6.07, 6.45) is -2.96. The quantitative estimate of drug-likeness (QED) is 0.182. The van der Waals surface area contributed by atoms with Crippen molar-refractivity contribution >= 4 is 46.0 Å². The second-order valence-corrected chi connectivity index (χ2v) is 9.26. The molecule has 0 saturated carbocycles. The highest BCUT2D eigenvalue weighted by molar-refractivity contribution is 8.27. The van der Waals surface area contributed by atoms with E-state index in [0.29, 0.717) is 29.2 Å². The summed E-state index contributed by atoms with van der Waals surface area (Å²) in [7, 11) is 0. The Bertz CT molecular complexity index is 1340. The van der Waals surface area contributed by atoms with E-state index in [1.165, 1.54) is 18.2 Å². The van der Waals surface area contributed by atoms with Crippen LogP contribution in [0, 0.1) is 5.82 Å². The molecule has 4 nitrogen and oxygen atoms in total. The van der Waals surface area contributed by atoms with Crippen molar-refractivity contribution < 1.29 is 31.8 Å². The average Bonchev–Trinajstić information content (AvgIpc) is 3.11. The van der Waals surface area contributed by atoms with Gasteiger partial charge in [-0.3, -0.25) is 9.69 Å². The molecule has 0 bridgehead atoms. The standard InChI is InChI=1S/C26H19F4NO3S2/c1-2-33-22-12-16(10-11-21(22)34-15-17-6-3-4-9-20(17)27)13-23-24(32)31(25(35)36-23)19-8-5-7-18(14-19)26(28,29)30/h3-14H,2,15H2,1H3/b23-13+. The average molecular weight is 534 g/mol. The van der Waals surface area contributed by atoms with E-state index in [1.54, 1.807) is 49.4 Å². The molecule has 0 atom stereocenters. The number of alkyl halides is 3. The second-order valence-electron chi connectivity index (χ2n) is 7.58. The summed E-state index contributed by atoms with van der Waals surface area (Å²) in [5.74, 6) is -0.109. The second kappa shape index (κ2) is 10.7. The molecule has 1 aliphatic heterocycles. The fourth-order valence-corrected chi connectivity index (χ4v) is 4.73. The van der Waals surface area contributed by atoms with E-state index >= 15 is 0 Å². The molecule has 4 rings (SSSR count). The van der Waals surface area contributed by atoms with Crippen LogP contribution in [0.25, 0.3) is 6.08 Å². The van der Waals surface area contributed by atoms with Gasteiger partial charge in [0.2, 0.25) is 0 Å². The van der Waals surface area contributed by atoms with Crippen molar-refractivity contribution in [1.29, 1.82) is 0 Å². The highest BCUT2D eigenvalue weighted by Gasteiger charge is 2.36. The summed E-state index contributed by atoms with van der Waals surface area (Å²) < 4.78 is 64.8. The molecule has 1 saturated heterocycles. The van der Waals surface area contributed by atoms with Crippen molar-refractivity contribution in [2.24, 2.45) is 0 Å². The Labute approximate surface area is 214 Å². The lowest BCUT2D eigenvalue weighted by Crippen LogP contribution is -2.27. The van der Waals surface area contributed by atoms with Crippen LogP contribution in [-0.2, 0) is 17.6 Å². The molecule has 0 radical (unpaired) electrons. The molecule has 0 spiro atoms. The summed E-state index contributed by atoms with van der Waals surface area (Å²) in [6, 6.07) is 15.7. The lowest BCUT2D eigenvalue weighted by Gasteiger charge is -2.16. The van der Waals surface area contributed by atoms with Gasteiger partial charge in [0.05, 0.1) is 22.8 Å². The molecule has 3 aromatic rings.